The van der Waals surface area contributed by atoms with Crippen molar-refractivity contribution in [3.63, 3.8) is 0 Å². The standard InChI is InChI=1S/C62H32N10/c63-33-38-8-7-13-45(26-38)46-18-25-59(72-57-23-16-41(36-66)29-52(57)53-30-42(37-67)17-24-58(53)72)54(31-46)49-32-47(71-55-21-14-39(34-64)27-50(55)51-28-40(35-65)15-22-56(51)71)19-20-48(49)62-69-60(43-9-3-1-4-10-43)68-61(70-62)44-11-5-2-6-12-44/h1-32H. The van der Waals surface area contributed by atoms with Gasteiger partial charge in [-0.25, -0.2) is 15.0 Å². The first-order valence-corrected chi connectivity index (χ1v) is 22.9. The molecule has 0 unspecified atom stereocenters. The van der Waals surface area contributed by atoms with Gasteiger partial charge in [-0.3, -0.25) is 0 Å². The maximum Gasteiger partial charge on any atom is 0.164 e. The van der Waals surface area contributed by atoms with Gasteiger partial charge in [0.1, 0.15) is 0 Å². The summed E-state index contributed by atoms with van der Waals surface area (Å²) in [4.78, 5) is 15.5. The molecule has 0 atom stereocenters. The largest absolute Gasteiger partial charge is 0.309 e. The Hall–Kier alpha value is -11.0. The summed E-state index contributed by atoms with van der Waals surface area (Å²) in [6.45, 7) is 0. The molecule has 0 N–H and O–H groups in total. The predicted molar refractivity (Wildman–Crippen MR) is 279 cm³/mol. The van der Waals surface area contributed by atoms with Crippen LogP contribution in [0.5, 0.6) is 0 Å². The molecule has 3 heterocycles. The van der Waals surface area contributed by atoms with E-state index in [1.54, 1.807) is 30.3 Å². The number of fused-ring (bicyclic) bond motifs is 6. The van der Waals surface area contributed by atoms with Gasteiger partial charge in [0, 0.05) is 49.5 Å². The molecule has 0 fully saturated rings. The average molecular weight is 917 g/mol. The molecule has 10 heteroatoms. The molecule has 0 radical (unpaired) electrons. The van der Waals surface area contributed by atoms with Gasteiger partial charge < -0.3 is 9.13 Å². The minimum absolute atomic E-state index is 0.422. The third-order valence-corrected chi connectivity index (χ3v) is 13.1. The zero-order valence-corrected chi connectivity index (χ0v) is 37.9. The summed E-state index contributed by atoms with van der Waals surface area (Å²) in [5.74, 6) is 1.40. The van der Waals surface area contributed by atoms with Crippen LogP contribution in [0.4, 0.5) is 0 Å². The fourth-order valence-electron chi connectivity index (χ4n) is 9.78. The van der Waals surface area contributed by atoms with Crippen LogP contribution in [0, 0.1) is 56.7 Å². The van der Waals surface area contributed by atoms with Crippen LogP contribution in [0.1, 0.15) is 27.8 Å². The molecule has 0 saturated heterocycles. The van der Waals surface area contributed by atoms with Crippen LogP contribution >= 0.6 is 0 Å². The summed E-state index contributed by atoms with van der Waals surface area (Å²) in [6.07, 6.45) is 0. The van der Waals surface area contributed by atoms with Gasteiger partial charge >= 0.3 is 0 Å². The van der Waals surface area contributed by atoms with Crippen molar-refractivity contribution in [2.75, 3.05) is 0 Å². The molecule has 0 aliphatic carbocycles. The zero-order valence-electron chi connectivity index (χ0n) is 37.9. The monoisotopic (exact) mass is 916 g/mol. The third-order valence-electron chi connectivity index (χ3n) is 13.1. The third kappa shape index (κ3) is 7.13. The lowest BCUT2D eigenvalue weighted by atomic mass is 9.92. The van der Waals surface area contributed by atoms with Crippen molar-refractivity contribution >= 4 is 43.6 Å². The van der Waals surface area contributed by atoms with Gasteiger partial charge in [0.05, 0.1) is 85.9 Å². The molecule has 0 spiro atoms. The van der Waals surface area contributed by atoms with Gasteiger partial charge in [-0.1, -0.05) is 78.9 Å². The maximum absolute atomic E-state index is 10.1. The van der Waals surface area contributed by atoms with Gasteiger partial charge in [-0.15, -0.1) is 0 Å². The van der Waals surface area contributed by atoms with Gasteiger partial charge in [0.2, 0.25) is 0 Å². The van der Waals surface area contributed by atoms with E-state index in [0.717, 1.165) is 88.4 Å². The van der Waals surface area contributed by atoms with Crippen molar-refractivity contribution in [3.05, 3.63) is 222 Å². The Morgan fingerprint density at radius 2 is 0.722 bits per heavy atom. The van der Waals surface area contributed by atoms with E-state index >= 15 is 0 Å². The first-order chi connectivity index (χ1) is 35.4. The number of nitrogens with zero attached hydrogens (tertiary/aromatic N) is 10. The lowest BCUT2D eigenvalue weighted by Gasteiger charge is -2.20. The summed E-state index contributed by atoms with van der Waals surface area (Å²) in [7, 11) is 0. The highest BCUT2D eigenvalue weighted by Crippen LogP contribution is 2.44. The quantitative estimate of drug-likeness (QED) is 0.152. The van der Waals surface area contributed by atoms with E-state index in [0.29, 0.717) is 50.9 Å². The first kappa shape index (κ1) is 42.4. The fourth-order valence-corrected chi connectivity index (χ4v) is 9.78. The topological polar surface area (TPSA) is 167 Å². The van der Waals surface area contributed by atoms with E-state index in [1.807, 2.05) is 146 Å². The average Bonchev–Trinajstić information content (AvgIpc) is 3.95. The van der Waals surface area contributed by atoms with E-state index in [9.17, 15) is 26.3 Å². The Kier molecular flexibility index (Phi) is 10.2. The highest BCUT2D eigenvalue weighted by molar-refractivity contribution is 6.12. The lowest BCUT2D eigenvalue weighted by Crippen LogP contribution is -2.04. The number of aromatic nitrogens is 5. The van der Waals surface area contributed by atoms with E-state index in [-0.39, 0.29) is 0 Å². The minimum Gasteiger partial charge on any atom is -0.309 e. The van der Waals surface area contributed by atoms with Crippen LogP contribution in [0.15, 0.2) is 194 Å². The van der Waals surface area contributed by atoms with E-state index in [2.05, 4.69) is 57.7 Å². The zero-order chi connectivity index (χ0) is 48.9. The highest BCUT2D eigenvalue weighted by Gasteiger charge is 2.24. The van der Waals surface area contributed by atoms with Crippen LogP contribution in [-0.4, -0.2) is 24.1 Å². The molecule has 10 nitrogen and oxygen atoms in total. The highest BCUT2D eigenvalue weighted by atomic mass is 15.0. The Bertz CT molecular complexity index is 4250. The van der Waals surface area contributed by atoms with Crippen LogP contribution in [-0.2, 0) is 0 Å². The summed E-state index contributed by atoms with van der Waals surface area (Å²) in [5.41, 5.74) is 12.9. The predicted octanol–water partition coefficient (Wildman–Crippen LogP) is 13.8. The molecular weight excluding hydrogens is 885 g/mol. The maximum atomic E-state index is 10.1. The second-order valence-electron chi connectivity index (χ2n) is 17.2. The van der Waals surface area contributed by atoms with E-state index < -0.39 is 0 Å². The number of benzene rings is 9. The summed E-state index contributed by atoms with van der Waals surface area (Å²) >= 11 is 0. The summed E-state index contributed by atoms with van der Waals surface area (Å²) in [5, 5.41) is 53.6. The van der Waals surface area contributed by atoms with Crippen molar-refractivity contribution in [1.82, 2.24) is 24.1 Å². The van der Waals surface area contributed by atoms with Crippen molar-refractivity contribution < 1.29 is 0 Å². The molecule has 0 aliphatic heterocycles. The second kappa shape index (κ2) is 17.3. The van der Waals surface area contributed by atoms with Crippen LogP contribution in [0.2, 0.25) is 0 Å². The van der Waals surface area contributed by atoms with Gasteiger partial charge in [-0.2, -0.15) is 26.3 Å². The van der Waals surface area contributed by atoms with E-state index in [4.69, 9.17) is 15.0 Å². The molecule has 12 rings (SSSR count). The molecule has 12 aromatic rings. The minimum atomic E-state index is 0.422. The Morgan fingerprint density at radius 1 is 0.292 bits per heavy atom. The lowest BCUT2D eigenvalue weighted by molar-refractivity contribution is 1.07. The van der Waals surface area contributed by atoms with Gasteiger partial charge in [0.15, 0.2) is 17.5 Å². The number of rotatable bonds is 7. The molecule has 3 aromatic heterocycles. The Balaban J connectivity index is 1.23. The molecule has 0 bridgehead atoms. The summed E-state index contributed by atoms with van der Waals surface area (Å²) < 4.78 is 4.31. The Labute approximate surface area is 412 Å². The number of hydrogen-bond acceptors (Lipinski definition) is 8. The Morgan fingerprint density at radius 3 is 1.21 bits per heavy atom. The van der Waals surface area contributed by atoms with Crippen molar-refractivity contribution in [2.45, 2.75) is 0 Å². The fraction of sp³-hybridized carbons (Fsp3) is 0. The van der Waals surface area contributed by atoms with Crippen LogP contribution < -0.4 is 0 Å². The molecule has 330 valence electrons. The van der Waals surface area contributed by atoms with Gasteiger partial charge in [-0.05, 0) is 132 Å². The molecule has 9 aromatic carbocycles. The first-order valence-electron chi connectivity index (χ1n) is 22.9. The normalized spacial score (nSPS) is 11.0. The SMILES string of the molecule is N#Cc1cccc(-c2ccc(-n3c4ccc(C#N)cc4c4cc(C#N)ccc43)c(-c3cc(-n4c5ccc(C#N)cc5c5cc(C#N)ccc54)ccc3-c3nc(-c4ccccc4)nc(-c4ccccc4)n3)c2)c1. The molecule has 0 amide bonds. The van der Waals surface area contributed by atoms with Crippen LogP contribution in [0.3, 0.4) is 0 Å². The molecule has 0 aliphatic rings. The van der Waals surface area contributed by atoms with E-state index in [1.165, 1.54) is 0 Å². The molecular formula is C62H32N10. The van der Waals surface area contributed by atoms with Crippen molar-refractivity contribution in [1.29, 1.82) is 26.3 Å². The second-order valence-corrected chi connectivity index (χ2v) is 17.2. The van der Waals surface area contributed by atoms with Crippen LogP contribution in [0.25, 0.3) is 111 Å². The van der Waals surface area contributed by atoms with Crippen molar-refractivity contribution in [2.24, 2.45) is 0 Å². The van der Waals surface area contributed by atoms with Crippen molar-refractivity contribution in [3.8, 4) is 98.1 Å². The summed E-state index contributed by atoms with van der Waals surface area (Å²) in [6, 6.07) is 73.5. The van der Waals surface area contributed by atoms with Gasteiger partial charge in [0.25, 0.3) is 0 Å². The molecule has 0 saturated carbocycles. The number of nitriles is 5. The smallest absolute Gasteiger partial charge is 0.164 e. The number of hydrogen-bond donors (Lipinski definition) is 0. The molecule has 72 heavy (non-hydrogen) atoms.